The minimum atomic E-state index is -4.26. The van der Waals surface area contributed by atoms with Gasteiger partial charge in [-0.05, 0) is 87.3 Å². The van der Waals surface area contributed by atoms with Gasteiger partial charge in [-0.1, -0.05) is 68.8 Å². The summed E-state index contributed by atoms with van der Waals surface area (Å²) in [6, 6.07) is 12.7. The lowest BCUT2D eigenvalue weighted by Crippen LogP contribution is -2.56. The number of benzene rings is 2. The second-order valence-corrected chi connectivity index (χ2v) is 17.9. The van der Waals surface area contributed by atoms with Crippen LogP contribution in [0.25, 0.3) is 11.4 Å². The smallest absolute Gasteiger partial charge is 0.408 e. The Hall–Kier alpha value is -4.63. The first-order chi connectivity index (χ1) is 24.7. The number of halogens is 1. The van der Waals surface area contributed by atoms with Crippen molar-refractivity contribution in [3.63, 3.8) is 0 Å². The first-order valence-corrected chi connectivity index (χ1v) is 19.2. The number of Topliss-reactive ketones (excluding diaryl/α,β-unsaturated/α-hetero) is 1. The summed E-state index contributed by atoms with van der Waals surface area (Å²) >= 11 is 6.18. The first-order valence-electron chi connectivity index (χ1n) is 17.4. The van der Waals surface area contributed by atoms with Crippen LogP contribution >= 0.6 is 11.6 Å². The summed E-state index contributed by atoms with van der Waals surface area (Å²) in [7, 11) is -4.26. The number of rotatable bonds is 12. The average molecular weight is 768 g/mol. The highest BCUT2D eigenvalue weighted by Gasteiger charge is 2.62. The van der Waals surface area contributed by atoms with Gasteiger partial charge in [0.1, 0.15) is 11.1 Å². The number of tetrazole rings is 1. The number of ketones is 1. The minimum Gasteiger partial charge on any atom is -0.444 e. The molecule has 0 aliphatic heterocycles. The highest BCUT2D eigenvalue weighted by atomic mass is 35.5. The van der Waals surface area contributed by atoms with Crippen molar-refractivity contribution < 1.29 is 32.3 Å². The number of hydrogen-bond donors (Lipinski definition) is 3. The fourth-order valence-corrected chi connectivity index (χ4v) is 8.02. The molecule has 2 fully saturated rings. The van der Waals surface area contributed by atoms with Crippen LogP contribution in [0.1, 0.15) is 73.3 Å². The molecule has 6 atom stereocenters. The van der Waals surface area contributed by atoms with Crippen LogP contribution in [0.15, 0.2) is 72.1 Å². The standard InChI is InChI=1S/C37H46ClN7O7S/c1-8-13-23-21-37(23,33(48)43-53(50,51)26-16-10-9-11-17-26)40-32(47)28-20-25(45-42-31(41-44-45)22-14-12-15-24(38)18-22)19-27(28)29(46)30(35(2,3)4)39-34(49)52-36(5,6)7/h8-12,14-18,23,25,27-28,30H,1,13,19-21H2,2-7H3,(H,39,49)(H,40,47)(H,43,48)/t23-,25+,27?,28-,30?,37+/m1/s1. The third kappa shape index (κ3) is 9.13. The molecule has 0 spiro atoms. The van der Waals surface area contributed by atoms with Crippen molar-refractivity contribution in [3.8, 4) is 11.4 Å². The second kappa shape index (κ2) is 15.0. The van der Waals surface area contributed by atoms with E-state index in [9.17, 15) is 27.6 Å². The Kier molecular flexibility index (Phi) is 11.2. The molecule has 53 heavy (non-hydrogen) atoms. The van der Waals surface area contributed by atoms with Crippen molar-refractivity contribution in [2.24, 2.45) is 23.2 Å². The van der Waals surface area contributed by atoms with Crippen molar-refractivity contribution in [2.75, 3.05) is 0 Å². The van der Waals surface area contributed by atoms with Crippen molar-refractivity contribution in [1.29, 1.82) is 0 Å². The molecule has 2 saturated carbocycles. The van der Waals surface area contributed by atoms with E-state index in [-0.39, 0.29) is 24.2 Å². The van der Waals surface area contributed by atoms with Gasteiger partial charge >= 0.3 is 6.09 Å². The summed E-state index contributed by atoms with van der Waals surface area (Å²) < 4.78 is 33.9. The van der Waals surface area contributed by atoms with Gasteiger partial charge in [-0.2, -0.15) is 4.80 Å². The first kappa shape index (κ1) is 39.6. The number of carbonyl (C=O) groups excluding carboxylic acids is 4. The fraction of sp³-hybridized carbons (Fsp3) is 0.486. The molecule has 3 N–H and O–H groups in total. The lowest BCUT2D eigenvalue weighted by molar-refractivity contribution is -0.137. The molecule has 2 aliphatic rings. The van der Waals surface area contributed by atoms with Gasteiger partial charge in [0.05, 0.1) is 17.0 Å². The Labute approximate surface area is 314 Å². The molecule has 2 aliphatic carbocycles. The van der Waals surface area contributed by atoms with Crippen LogP contribution in [0.3, 0.4) is 0 Å². The SMILES string of the molecule is C=CC[C@@H]1C[C@@]1(NC(=O)[C@@H]1C[C@@H](n2nnc(-c3cccc(Cl)c3)n2)CC1C(=O)C(NC(=O)OC(C)(C)C)C(C)(C)C)C(=O)NS(=O)(=O)c1ccccc1. The Bertz CT molecular complexity index is 1990. The van der Waals surface area contributed by atoms with Gasteiger partial charge < -0.3 is 15.4 Å². The van der Waals surface area contributed by atoms with Gasteiger partial charge in [0.25, 0.3) is 15.9 Å². The van der Waals surface area contributed by atoms with E-state index in [0.29, 0.717) is 22.8 Å². The van der Waals surface area contributed by atoms with E-state index in [1.165, 1.54) is 29.1 Å². The summed E-state index contributed by atoms with van der Waals surface area (Å²) in [5.74, 6) is -4.04. The summed E-state index contributed by atoms with van der Waals surface area (Å²) in [6.07, 6.45) is 1.50. The lowest BCUT2D eigenvalue weighted by Gasteiger charge is -2.34. The topological polar surface area (TPSA) is 191 Å². The highest BCUT2D eigenvalue weighted by Crippen LogP contribution is 2.48. The monoisotopic (exact) mass is 767 g/mol. The maximum Gasteiger partial charge on any atom is 0.408 e. The van der Waals surface area contributed by atoms with Crippen LogP contribution < -0.4 is 15.4 Å². The zero-order chi connectivity index (χ0) is 38.9. The molecule has 2 aromatic carbocycles. The van der Waals surface area contributed by atoms with E-state index in [4.69, 9.17) is 16.3 Å². The van der Waals surface area contributed by atoms with E-state index in [2.05, 4.69) is 37.3 Å². The minimum absolute atomic E-state index is 0.0863. The highest BCUT2D eigenvalue weighted by molar-refractivity contribution is 7.90. The zero-order valence-electron chi connectivity index (χ0n) is 30.6. The molecule has 284 valence electrons. The number of hydrogen-bond acceptors (Lipinski definition) is 10. The van der Waals surface area contributed by atoms with Gasteiger partial charge in [0.15, 0.2) is 5.78 Å². The van der Waals surface area contributed by atoms with E-state index < -0.39 is 80.1 Å². The van der Waals surface area contributed by atoms with Crippen LogP contribution in [0, 0.1) is 23.2 Å². The van der Waals surface area contributed by atoms with Crippen LogP contribution in [-0.4, -0.2) is 69.5 Å². The number of nitrogens with zero attached hydrogens (tertiary/aromatic N) is 4. The lowest BCUT2D eigenvalue weighted by atomic mass is 9.77. The summed E-state index contributed by atoms with van der Waals surface area (Å²) in [5.41, 5.74) is -2.57. The number of aromatic nitrogens is 4. The summed E-state index contributed by atoms with van der Waals surface area (Å²) in [4.78, 5) is 57.0. The number of alkyl carbamates (subject to hydrolysis) is 1. The Morgan fingerprint density at radius 2 is 1.72 bits per heavy atom. The molecular formula is C37H46ClN7O7S. The number of carbonyl (C=O) groups is 4. The van der Waals surface area contributed by atoms with Crippen LogP contribution in [0.5, 0.6) is 0 Å². The molecule has 3 aromatic rings. The van der Waals surface area contributed by atoms with Gasteiger partial charge in [0.2, 0.25) is 11.7 Å². The molecule has 5 rings (SSSR count). The Morgan fingerprint density at radius 1 is 1.04 bits per heavy atom. The van der Waals surface area contributed by atoms with E-state index >= 15 is 0 Å². The molecule has 0 radical (unpaired) electrons. The van der Waals surface area contributed by atoms with Gasteiger partial charge in [0, 0.05) is 22.4 Å². The number of amides is 3. The van der Waals surface area contributed by atoms with E-state index in [0.717, 1.165) is 0 Å². The number of sulfonamides is 1. The normalized spacial score (nSPS) is 23.4. The third-order valence-electron chi connectivity index (χ3n) is 9.48. The van der Waals surface area contributed by atoms with Gasteiger partial charge in [-0.15, -0.1) is 16.8 Å². The maximum absolute atomic E-state index is 14.6. The predicted octanol–water partition coefficient (Wildman–Crippen LogP) is 5.03. The van der Waals surface area contributed by atoms with Crippen molar-refractivity contribution in [3.05, 3.63) is 72.3 Å². The van der Waals surface area contributed by atoms with Crippen LogP contribution in [0.2, 0.25) is 5.02 Å². The van der Waals surface area contributed by atoms with Gasteiger partial charge in [-0.25, -0.2) is 17.9 Å². The fourth-order valence-electron chi connectivity index (χ4n) is 6.77. The number of allylic oxidation sites excluding steroid dienone is 1. The Morgan fingerprint density at radius 3 is 2.34 bits per heavy atom. The van der Waals surface area contributed by atoms with Crippen molar-refractivity contribution in [2.45, 2.75) is 95.3 Å². The summed E-state index contributed by atoms with van der Waals surface area (Å²) in [5, 5.41) is 19.1. The number of ether oxygens (including phenoxy) is 1. The maximum atomic E-state index is 14.6. The quantitative estimate of drug-likeness (QED) is 0.211. The van der Waals surface area contributed by atoms with E-state index in [1.807, 2.05) is 0 Å². The van der Waals surface area contributed by atoms with Gasteiger partial charge in [-0.3, -0.25) is 14.4 Å². The van der Waals surface area contributed by atoms with Crippen molar-refractivity contribution in [1.82, 2.24) is 35.6 Å². The molecule has 0 bridgehead atoms. The molecule has 16 heteroatoms. The van der Waals surface area contributed by atoms with Crippen molar-refractivity contribution >= 4 is 45.3 Å². The zero-order valence-corrected chi connectivity index (χ0v) is 32.2. The molecule has 0 saturated heterocycles. The predicted molar refractivity (Wildman–Crippen MR) is 197 cm³/mol. The van der Waals surface area contributed by atoms with Crippen LogP contribution in [-0.2, 0) is 29.1 Å². The Balaban J connectivity index is 1.46. The molecule has 2 unspecified atom stereocenters. The number of nitrogens with one attached hydrogen (secondary N) is 3. The molecular weight excluding hydrogens is 722 g/mol. The third-order valence-corrected chi connectivity index (χ3v) is 11.1. The molecule has 3 amide bonds. The molecule has 1 heterocycles. The second-order valence-electron chi connectivity index (χ2n) is 15.8. The molecule has 1 aromatic heterocycles. The largest absolute Gasteiger partial charge is 0.444 e. The molecule has 14 nitrogen and oxygen atoms in total. The van der Waals surface area contributed by atoms with Crippen LogP contribution in [0.4, 0.5) is 4.79 Å². The van der Waals surface area contributed by atoms with E-state index in [1.54, 1.807) is 78.0 Å². The average Bonchev–Trinajstić information content (AvgIpc) is 3.38. The summed E-state index contributed by atoms with van der Waals surface area (Å²) in [6.45, 7) is 14.3.